The standard InChI is InChI=1S/C26H33N5O2.HI/c1-27-26(29-18-21-8-3-4-9-22(21)19-31-15-7-14-30-31)28-17-20-12-13-24(25(16-20)32-2)33-23-10-5-6-11-23;/h3-4,7-9,12-16,23H,5-6,10-11,17-19H2,1-2H3,(H2,27,28,29);1H. The molecule has 182 valence electrons. The van der Waals surface area contributed by atoms with Crippen LogP contribution in [-0.2, 0) is 19.6 Å². The second-order valence-corrected chi connectivity index (χ2v) is 8.26. The summed E-state index contributed by atoms with van der Waals surface area (Å²) in [5, 5.41) is 11.1. The van der Waals surface area contributed by atoms with E-state index in [9.17, 15) is 0 Å². The van der Waals surface area contributed by atoms with Crippen LogP contribution in [0.5, 0.6) is 11.5 Å². The van der Waals surface area contributed by atoms with Gasteiger partial charge in [0.2, 0.25) is 0 Å². The van der Waals surface area contributed by atoms with Crippen LogP contribution in [0.2, 0.25) is 0 Å². The minimum absolute atomic E-state index is 0. The summed E-state index contributed by atoms with van der Waals surface area (Å²) >= 11 is 0. The molecule has 8 heteroatoms. The van der Waals surface area contributed by atoms with Crippen molar-refractivity contribution in [2.24, 2.45) is 4.99 Å². The van der Waals surface area contributed by atoms with E-state index in [1.165, 1.54) is 24.0 Å². The summed E-state index contributed by atoms with van der Waals surface area (Å²) in [6.45, 7) is 2.05. The molecule has 0 spiro atoms. The van der Waals surface area contributed by atoms with Crippen LogP contribution in [0.3, 0.4) is 0 Å². The summed E-state index contributed by atoms with van der Waals surface area (Å²) in [6.07, 6.45) is 8.82. The number of benzene rings is 2. The van der Waals surface area contributed by atoms with Crippen LogP contribution in [0.4, 0.5) is 0 Å². The molecule has 0 amide bonds. The smallest absolute Gasteiger partial charge is 0.191 e. The summed E-state index contributed by atoms with van der Waals surface area (Å²) in [5.74, 6) is 2.34. The van der Waals surface area contributed by atoms with Gasteiger partial charge in [-0.25, -0.2) is 0 Å². The largest absolute Gasteiger partial charge is 0.493 e. The molecule has 7 nitrogen and oxygen atoms in total. The number of hydrogen-bond donors (Lipinski definition) is 2. The van der Waals surface area contributed by atoms with Crippen LogP contribution in [0.15, 0.2) is 65.9 Å². The Morgan fingerprint density at radius 3 is 2.50 bits per heavy atom. The maximum absolute atomic E-state index is 6.15. The van der Waals surface area contributed by atoms with Crippen LogP contribution in [-0.4, -0.2) is 36.0 Å². The van der Waals surface area contributed by atoms with Crippen molar-refractivity contribution >= 4 is 29.9 Å². The number of aromatic nitrogens is 2. The molecule has 0 atom stereocenters. The molecule has 1 aliphatic carbocycles. The van der Waals surface area contributed by atoms with E-state index in [1.807, 2.05) is 29.1 Å². The van der Waals surface area contributed by atoms with E-state index in [0.29, 0.717) is 19.2 Å². The Kier molecular flexibility index (Phi) is 10.1. The summed E-state index contributed by atoms with van der Waals surface area (Å²) < 4.78 is 13.7. The summed E-state index contributed by atoms with van der Waals surface area (Å²) in [7, 11) is 3.47. The Morgan fingerprint density at radius 2 is 1.79 bits per heavy atom. The highest BCUT2D eigenvalue weighted by Gasteiger charge is 2.18. The molecule has 1 aromatic heterocycles. The predicted molar refractivity (Wildman–Crippen MR) is 146 cm³/mol. The fraction of sp³-hybridized carbons (Fsp3) is 0.385. The predicted octanol–water partition coefficient (Wildman–Crippen LogP) is 4.74. The van der Waals surface area contributed by atoms with Crippen molar-refractivity contribution in [3.63, 3.8) is 0 Å². The third-order valence-corrected chi connectivity index (χ3v) is 5.96. The number of halogens is 1. The highest BCUT2D eigenvalue weighted by atomic mass is 127. The highest BCUT2D eigenvalue weighted by molar-refractivity contribution is 14.0. The molecule has 0 aliphatic heterocycles. The zero-order valence-electron chi connectivity index (χ0n) is 19.9. The van der Waals surface area contributed by atoms with Crippen molar-refractivity contribution in [1.29, 1.82) is 0 Å². The van der Waals surface area contributed by atoms with Gasteiger partial charge in [0.1, 0.15) is 0 Å². The minimum atomic E-state index is 0. The van der Waals surface area contributed by atoms with Gasteiger partial charge in [0.15, 0.2) is 17.5 Å². The second-order valence-electron chi connectivity index (χ2n) is 8.26. The average Bonchev–Trinajstić information content (AvgIpc) is 3.55. The molecule has 3 aromatic rings. The molecular formula is C26H34IN5O2. The molecule has 1 heterocycles. The number of aliphatic imine (C=N–C) groups is 1. The van der Waals surface area contributed by atoms with Crippen molar-refractivity contribution < 1.29 is 9.47 Å². The third-order valence-electron chi connectivity index (χ3n) is 5.96. The van der Waals surface area contributed by atoms with Gasteiger partial charge in [-0.2, -0.15) is 5.10 Å². The first-order valence-electron chi connectivity index (χ1n) is 11.6. The zero-order chi connectivity index (χ0) is 22.9. The van der Waals surface area contributed by atoms with Gasteiger partial charge in [-0.1, -0.05) is 30.3 Å². The maximum atomic E-state index is 6.15. The van der Waals surface area contributed by atoms with Gasteiger partial charge in [0.25, 0.3) is 0 Å². The van der Waals surface area contributed by atoms with Crippen LogP contribution in [0.1, 0.15) is 42.4 Å². The second kappa shape index (κ2) is 13.2. The Hall–Kier alpha value is -2.75. The van der Waals surface area contributed by atoms with E-state index >= 15 is 0 Å². The first-order valence-corrected chi connectivity index (χ1v) is 11.6. The molecule has 2 aromatic carbocycles. The monoisotopic (exact) mass is 575 g/mol. The first kappa shape index (κ1) is 25.9. The number of hydrogen-bond acceptors (Lipinski definition) is 4. The lowest BCUT2D eigenvalue weighted by molar-refractivity contribution is 0.200. The Morgan fingerprint density at radius 1 is 1.03 bits per heavy atom. The number of guanidine groups is 1. The molecule has 1 aliphatic rings. The third kappa shape index (κ3) is 7.12. The number of methoxy groups -OCH3 is 1. The Labute approximate surface area is 219 Å². The lowest BCUT2D eigenvalue weighted by Crippen LogP contribution is -2.36. The van der Waals surface area contributed by atoms with Crippen LogP contribution < -0.4 is 20.1 Å². The van der Waals surface area contributed by atoms with E-state index in [-0.39, 0.29) is 24.0 Å². The van der Waals surface area contributed by atoms with Crippen molar-refractivity contribution in [2.45, 2.75) is 51.4 Å². The van der Waals surface area contributed by atoms with Crippen molar-refractivity contribution in [3.8, 4) is 11.5 Å². The molecule has 0 bridgehead atoms. The molecular weight excluding hydrogens is 541 g/mol. The summed E-state index contributed by atoms with van der Waals surface area (Å²) in [5.41, 5.74) is 3.55. The highest BCUT2D eigenvalue weighted by Crippen LogP contribution is 2.32. The molecule has 34 heavy (non-hydrogen) atoms. The fourth-order valence-corrected chi connectivity index (χ4v) is 4.14. The van der Waals surface area contributed by atoms with Gasteiger partial charge < -0.3 is 20.1 Å². The lowest BCUT2D eigenvalue weighted by atomic mass is 10.1. The number of rotatable bonds is 9. The molecule has 4 rings (SSSR count). The van der Waals surface area contributed by atoms with Gasteiger partial charge >= 0.3 is 0 Å². The van der Waals surface area contributed by atoms with Gasteiger partial charge in [0, 0.05) is 32.5 Å². The van der Waals surface area contributed by atoms with E-state index in [1.54, 1.807) is 20.4 Å². The molecule has 0 saturated heterocycles. The number of nitrogens with one attached hydrogen (secondary N) is 2. The summed E-state index contributed by atoms with van der Waals surface area (Å²) in [6, 6.07) is 16.4. The van der Waals surface area contributed by atoms with Crippen LogP contribution in [0, 0.1) is 0 Å². The van der Waals surface area contributed by atoms with E-state index in [0.717, 1.165) is 42.4 Å². The molecule has 1 fully saturated rings. The average molecular weight is 575 g/mol. The van der Waals surface area contributed by atoms with Crippen molar-refractivity contribution in [3.05, 3.63) is 77.6 Å². The first-order chi connectivity index (χ1) is 16.2. The van der Waals surface area contributed by atoms with E-state index < -0.39 is 0 Å². The number of ether oxygens (including phenoxy) is 2. The van der Waals surface area contributed by atoms with Crippen LogP contribution in [0.25, 0.3) is 0 Å². The number of nitrogens with zero attached hydrogens (tertiary/aromatic N) is 3. The van der Waals surface area contributed by atoms with E-state index in [4.69, 9.17) is 9.47 Å². The van der Waals surface area contributed by atoms with Crippen LogP contribution >= 0.6 is 24.0 Å². The molecule has 0 radical (unpaired) electrons. The van der Waals surface area contributed by atoms with Gasteiger partial charge in [0.05, 0.1) is 19.8 Å². The lowest BCUT2D eigenvalue weighted by Gasteiger charge is -2.17. The summed E-state index contributed by atoms with van der Waals surface area (Å²) in [4.78, 5) is 4.37. The van der Waals surface area contributed by atoms with Gasteiger partial charge in [-0.15, -0.1) is 24.0 Å². The molecule has 2 N–H and O–H groups in total. The normalized spacial score (nSPS) is 13.9. The minimum Gasteiger partial charge on any atom is -0.493 e. The Bertz CT molecular complexity index is 1050. The quantitative estimate of drug-likeness (QED) is 0.219. The SMILES string of the molecule is CN=C(NCc1ccc(OC2CCCC2)c(OC)c1)NCc1ccccc1Cn1cccn1.I. The van der Waals surface area contributed by atoms with Crippen molar-refractivity contribution in [1.82, 2.24) is 20.4 Å². The fourth-order valence-electron chi connectivity index (χ4n) is 4.14. The van der Waals surface area contributed by atoms with Gasteiger partial charge in [-0.05, 0) is 60.6 Å². The molecule has 1 saturated carbocycles. The maximum Gasteiger partial charge on any atom is 0.191 e. The zero-order valence-corrected chi connectivity index (χ0v) is 22.2. The van der Waals surface area contributed by atoms with Gasteiger partial charge in [-0.3, -0.25) is 9.67 Å². The van der Waals surface area contributed by atoms with Crippen molar-refractivity contribution in [2.75, 3.05) is 14.2 Å². The van der Waals surface area contributed by atoms with E-state index in [2.05, 4.69) is 51.1 Å². The topological polar surface area (TPSA) is 72.7 Å². The molecule has 0 unspecified atom stereocenters. The Balaban J connectivity index is 0.00000324.